The van der Waals surface area contributed by atoms with E-state index in [2.05, 4.69) is 5.32 Å². The van der Waals surface area contributed by atoms with E-state index in [1.54, 1.807) is 41.3 Å². The molecule has 2 amide bonds. The minimum Gasteiger partial charge on any atom is -0.481 e. The van der Waals surface area contributed by atoms with Crippen molar-refractivity contribution in [3.8, 4) is 0 Å². The molecule has 7 nitrogen and oxygen atoms in total. The van der Waals surface area contributed by atoms with Crippen LogP contribution in [0.1, 0.15) is 12.8 Å². The van der Waals surface area contributed by atoms with Crippen LogP contribution in [0.5, 0.6) is 0 Å². The van der Waals surface area contributed by atoms with E-state index in [0.717, 1.165) is 4.90 Å². The zero-order valence-corrected chi connectivity index (χ0v) is 17.7. The van der Waals surface area contributed by atoms with Gasteiger partial charge in [0.05, 0.1) is 17.9 Å². The van der Waals surface area contributed by atoms with Crippen LogP contribution in [0.2, 0.25) is 0 Å². The van der Waals surface area contributed by atoms with E-state index in [1.165, 1.54) is 17.8 Å². The Morgan fingerprint density at radius 2 is 1.74 bits per heavy atom. The number of carbonyl (C=O) groups excluding carboxylic acids is 2. The summed E-state index contributed by atoms with van der Waals surface area (Å²) in [7, 11) is 0. The second-order valence-corrected chi connectivity index (χ2v) is 8.13. The lowest BCUT2D eigenvalue weighted by Crippen LogP contribution is -2.49. The zero-order valence-electron chi connectivity index (χ0n) is 16.9. The van der Waals surface area contributed by atoms with Crippen molar-refractivity contribution in [3.05, 3.63) is 54.3 Å². The average Bonchev–Trinajstić information content (AvgIpc) is 2.77. The first-order chi connectivity index (χ1) is 14.9. The maximum atomic E-state index is 14.0. The van der Waals surface area contributed by atoms with E-state index < -0.39 is 5.97 Å². The predicted octanol–water partition coefficient (Wildman–Crippen LogP) is 3.07. The molecule has 0 aromatic heterocycles. The van der Waals surface area contributed by atoms with Crippen LogP contribution in [0.4, 0.5) is 15.8 Å². The molecule has 0 unspecified atom stereocenters. The molecule has 9 heteroatoms. The van der Waals surface area contributed by atoms with Gasteiger partial charge in [-0.3, -0.25) is 14.4 Å². The molecule has 1 heterocycles. The normalized spacial score (nSPS) is 13.7. The molecule has 164 valence electrons. The van der Waals surface area contributed by atoms with Crippen LogP contribution in [0.15, 0.2) is 53.4 Å². The Hall–Kier alpha value is -3.07. The monoisotopic (exact) mass is 445 g/mol. The van der Waals surface area contributed by atoms with Crippen molar-refractivity contribution >= 4 is 40.9 Å². The molecule has 0 saturated carbocycles. The molecule has 2 aromatic carbocycles. The first kappa shape index (κ1) is 22.6. The number of carboxylic acid groups (broad SMARTS) is 1. The Morgan fingerprint density at radius 3 is 2.45 bits per heavy atom. The van der Waals surface area contributed by atoms with Crippen molar-refractivity contribution in [1.82, 2.24) is 4.90 Å². The molecule has 3 rings (SSSR count). The molecule has 2 N–H and O–H groups in total. The highest BCUT2D eigenvalue weighted by atomic mass is 32.2. The van der Waals surface area contributed by atoms with Crippen LogP contribution in [-0.2, 0) is 14.4 Å². The lowest BCUT2D eigenvalue weighted by molar-refractivity contribution is -0.138. The van der Waals surface area contributed by atoms with Crippen molar-refractivity contribution in [2.24, 2.45) is 0 Å². The molecule has 0 aliphatic carbocycles. The SMILES string of the molecule is O=C(O)CCC(=O)Nc1cccc(SCC(=O)N2CCN(c3ccccc3F)CC2)c1. The van der Waals surface area contributed by atoms with E-state index in [1.807, 2.05) is 11.0 Å². The highest BCUT2D eigenvalue weighted by Gasteiger charge is 2.22. The number of halogens is 1. The number of nitrogens with zero attached hydrogens (tertiary/aromatic N) is 2. The molecular formula is C22H24FN3O4S. The fraction of sp³-hybridized carbons (Fsp3) is 0.318. The van der Waals surface area contributed by atoms with Crippen LogP contribution in [-0.4, -0.2) is 59.7 Å². The van der Waals surface area contributed by atoms with E-state index in [4.69, 9.17) is 5.11 Å². The van der Waals surface area contributed by atoms with E-state index in [9.17, 15) is 18.8 Å². The van der Waals surface area contributed by atoms with Gasteiger partial charge < -0.3 is 20.2 Å². The molecule has 31 heavy (non-hydrogen) atoms. The summed E-state index contributed by atoms with van der Waals surface area (Å²) < 4.78 is 14.0. The number of thioether (sulfide) groups is 1. The van der Waals surface area contributed by atoms with Gasteiger partial charge in [0.2, 0.25) is 11.8 Å². The van der Waals surface area contributed by atoms with Crippen LogP contribution < -0.4 is 10.2 Å². The third-order valence-electron chi connectivity index (χ3n) is 4.87. The number of anilines is 2. The topological polar surface area (TPSA) is 89.9 Å². The molecule has 1 aliphatic heterocycles. The average molecular weight is 446 g/mol. The van der Waals surface area contributed by atoms with Gasteiger partial charge in [-0.05, 0) is 30.3 Å². The molecule has 1 saturated heterocycles. The molecular weight excluding hydrogens is 421 g/mol. The highest BCUT2D eigenvalue weighted by Crippen LogP contribution is 2.24. The Labute approximate surface area is 184 Å². The minimum absolute atomic E-state index is 0.00841. The summed E-state index contributed by atoms with van der Waals surface area (Å²) >= 11 is 1.37. The van der Waals surface area contributed by atoms with Crippen molar-refractivity contribution in [2.75, 3.05) is 42.1 Å². The van der Waals surface area contributed by atoms with Crippen LogP contribution in [0.3, 0.4) is 0 Å². The van der Waals surface area contributed by atoms with Gasteiger partial charge in [-0.1, -0.05) is 18.2 Å². The number of carbonyl (C=O) groups is 3. The van der Waals surface area contributed by atoms with Gasteiger partial charge >= 0.3 is 5.97 Å². The molecule has 0 radical (unpaired) electrons. The Bertz CT molecular complexity index is 948. The summed E-state index contributed by atoms with van der Waals surface area (Å²) in [6.45, 7) is 2.23. The summed E-state index contributed by atoms with van der Waals surface area (Å²) in [5, 5.41) is 11.3. The van der Waals surface area contributed by atoms with Gasteiger partial charge in [-0.25, -0.2) is 4.39 Å². The fourth-order valence-corrected chi connectivity index (χ4v) is 4.11. The molecule has 0 spiro atoms. The standard InChI is InChI=1S/C22H24FN3O4S/c23-18-6-1-2-7-19(18)25-10-12-26(13-11-25)21(28)15-31-17-5-3-4-16(14-17)24-20(27)8-9-22(29)30/h1-7,14H,8-13,15H2,(H,24,27)(H,29,30). The van der Waals surface area contributed by atoms with Gasteiger partial charge in [0.25, 0.3) is 0 Å². The number of benzene rings is 2. The van der Waals surface area contributed by atoms with E-state index in [0.29, 0.717) is 37.6 Å². The number of hydrogen-bond donors (Lipinski definition) is 2. The fourth-order valence-electron chi connectivity index (χ4n) is 3.25. The maximum Gasteiger partial charge on any atom is 0.303 e. The Morgan fingerprint density at radius 1 is 1.00 bits per heavy atom. The molecule has 1 fully saturated rings. The van der Waals surface area contributed by atoms with Gasteiger partial charge in [0, 0.05) is 43.2 Å². The van der Waals surface area contributed by atoms with Crippen molar-refractivity contribution < 1.29 is 23.9 Å². The Kier molecular flexibility index (Phi) is 7.88. The smallest absolute Gasteiger partial charge is 0.303 e. The largest absolute Gasteiger partial charge is 0.481 e. The lowest BCUT2D eigenvalue weighted by atomic mass is 10.2. The molecule has 1 aliphatic rings. The highest BCUT2D eigenvalue weighted by molar-refractivity contribution is 8.00. The number of piperazine rings is 1. The quantitative estimate of drug-likeness (QED) is 0.607. The minimum atomic E-state index is -1.02. The Balaban J connectivity index is 1.46. The zero-order chi connectivity index (χ0) is 22.2. The molecule has 0 bridgehead atoms. The number of hydrogen-bond acceptors (Lipinski definition) is 5. The number of amides is 2. The van der Waals surface area contributed by atoms with Crippen molar-refractivity contribution in [3.63, 3.8) is 0 Å². The first-order valence-corrected chi connectivity index (χ1v) is 10.9. The van der Waals surface area contributed by atoms with Crippen molar-refractivity contribution in [1.29, 1.82) is 0 Å². The number of para-hydroxylation sites is 1. The summed E-state index contributed by atoms with van der Waals surface area (Å²) in [4.78, 5) is 39.5. The second kappa shape index (κ2) is 10.8. The number of aliphatic carboxylic acids is 1. The van der Waals surface area contributed by atoms with E-state index in [-0.39, 0.29) is 36.2 Å². The predicted molar refractivity (Wildman–Crippen MR) is 118 cm³/mol. The maximum absolute atomic E-state index is 14.0. The second-order valence-electron chi connectivity index (χ2n) is 7.08. The van der Waals surface area contributed by atoms with Crippen LogP contribution in [0, 0.1) is 5.82 Å². The summed E-state index contributed by atoms with van der Waals surface area (Å²) in [5.41, 5.74) is 1.12. The number of nitrogens with one attached hydrogen (secondary N) is 1. The lowest BCUT2D eigenvalue weighted by Gasteiger charge is -2.36. The third-order valence-corrected chi connectivity index (χ3v) is 5.85. The third kappa shape index (κ3) is 6.71. The summed E-state index contributed by atoms with van der Waals surface area (Å²) in [6, 6.07) is 13.7. The molecule has 0 atom stereocenters. The van der Waals surface area contributed by atoms with Gasteiger partial charge in [-0.15, -0.1) is 11.8 Å². The van der Waals surface area contributed by atoms with Gasteiger partial charge in [-0.2, -0.15) is 0 Å². The van der Waals surface area contributed by atoms with Crippen molar-refractivity contribution in [2.45, 2.75) is 17.7 Å². The van der Waals surface area contributed by atoms with E-state index >= 15 is 0 Å². The number of carboxylic acids is 1. The van der Waals surface area contributed by atoms with Crippen LogP contribution in [0.25, 0.3) is 0 Å². The molecule has 2 aromatic rings. The summed E-state index contributed by atoms with van der Waals surface area (Å²) in [5.74, 6) is -1.38. The summed E-state index contributed by atoms with van der Waals surface area (Å²) in [6.07, 6.45) is -0.316. The van der Waals surface area contributed by atoms with Crippen LogP contribution >= 0.6 is 11.8 Å². The van der Waals surface area contributed by atoms with Gasteiger partial charge in [0.1, 0.15) is 5.82 Å². The first-order valence-electron chi connectivity index (χ1n) is 9.94. The van der Waals surface area contributed by atoms with Gasteiger partial charge in [0.15, 0.2) is 0 Å². The number of rotatable bonds is 8.